The number of imidazole rings is 1. The lowest BCUT2D eigenvalue weighted by molar-refractivity contribution is -0.0309. The van der Waals surface area contributed by atoms with Crippen LogP contribution in [-0.4, -0.2) is 76.0 Å². The van der Waals surface area contributed by atoms with Gasteiger partial charge in [0, 0.05) is 38.8 Å². The molecule has 7 rings (SSSR count). The van der Waals surface area contributed by atoms with Crippen LogP contribution in [-0.2, 0) is 4.74 Å². The summed E-state index contributed by atoms with van der Waals surface area (Å²) in [5, 5.41) is 5.01. The normalized spacial score (nSPS) is 24.2. The Balaban J connectivity index is 1.15. The van der Waals surface area contributed by atoms with E-state index in [2.05, 4.69) is 38.7 Å². The molecule has 4 aromatic rings. The van der Waals surface area contributed by atoms with E-state index < -0.39 is 0 Å². The van der Waals surface area contributed by atoms with Crippen molar-refractivity contribution in [3.8, 4) is 11.4 Å². The molecule has 39 heavy (non-hydrogen) atoms. The van der Waals surface area contributed by atoms with Gasteiger partial charge in [-0.2, -0.15) is 0 Å². The quantitative estimate of drug-likeness (QED) is 0.377. The second-order valence-corrected chi connectivity index (χ2v) is 11.0. The molecule has 0 radical (unpaired) electrons. The summed E-state index contributed by atoms with van der Waals surface area (Å²) in [6, 6.07) is 17.8. The summed E-state index contributed by atoms with van der Waals surface area (Å²) in [6.45, 7) is 7.84. The molecule has 202 valence electrons. The van der Waals surface area contributed by atoms with Crippen LogP contribution in [0.3, 0.4) is 0 Å². The molecule has 0 bridgehead atoms. The van der Waals surface area contributed by atoms with E-state index in [0.29, 0.717) is 12.1 Å². The van der Waals surface area contributed by atoms with Crippen molar-refractivity contribution in [2.24, 2.45) is 0 Å². The Morgan fingerprint density at radius 1 is 0.949 bits per heavy atom. The van der Waals surface area contributed by atoms with Crippen LogP contribution >= 0.6 is 0 Å². The highest BCUT2D eigenvalue weighted by atomic mass is 19.1. The molecule has 3 atom stereocenters. The maximum atomic E-state index is 14.0. The minimum Gasteiger partial charge on any atom is -0.376 e. The van der Waals surface area contributed by atoms with Crippen LogP contribution < -0.4 is 9.80 Å². The Morgan fingerprint density at radius 3 is 2.77 bits per heavy atom. The first kappa shape index (κ1) is 24.5. The summed E-state index contributed by atoms with van der Waals surface area (Å²) in [4.78, 5) is 16.9. The Bertz CT molecular complexity index is 1470. The summed E-state index contributed by atoms with van der Waals surface area (Å²) >= 11 is 0. The van der Waals surface area contributed by atoms with E-state index in [-0.39, 0.29) is 11.9 Å². The Labute approximate surface area is 228 Å². The van der Waals surface area contributed by atoms with Gasteiger partial charge in [0.2, 0.25) is 0 Å². The van der Waals surface area contributed by atoms with Gasteiger partial charge in [-0.3, -0.25) is 4.90 Å². The van der Waals surface area contributed by atoms with Crippen molar-refractivity contribution in [1.82, 2.24) is 24.5 Å². The summed E-state index contributed by atoms with van der Waals surface area (Å²) in [5.74, 6) is 1.66. The smallest absolute Gasteiger partial charge is 0.154 e. The maximum absolute atomic E-state index is 14.0. The van der Waals surface area contributed by atoms with Crippen LogP contribution in [0.5, 0.6) is 0 Å². The number of fused-ring (bicyclic) bond motifs is 1. The van der Waals surface area contributed by atoms with Gasteiger partial charge in [0.05, 0.1) is 30.6 Å². The standard InChI is InChI=1S/C30H34FN7O/c1-21-19-35(15-16-39-21)24-12-14-36(20-24)29-9-3-7-25(33-29)27-18-32-28-10-11-30(34-38(27)28)37-13-4-8-26(37)22-5-2-6-23(31)17-22/h2-3,5-7,9-11,17-18,21,24,26H,4,8,12-16,19-20H2,1H3/t21-,24+,26-/m1/s1. The van der Waals surface area contributed by atoms with Gasteiger partial charge in [0.15, 0.2) is 5.65 Å². The van der Waals surface area contributed by atoms with Crippen molar-refractivity contribution < 1.29 is 9.13 Å². The topological polar surface area (TPSA) is 62.0 Å². The number of morpholine rings is 1. The van der Waals surface area contributed by atoms with Crippen molar-refractivity contribution >= 4 is 17.3 Å². The van der Waals surface area contributed by atoms with E-state index in [0.717, 1.165) is 92.8 Å². The number of rotatable bonds is 5. The lowest BCUT2D eigenvalue weighted by atomic mass is 10.0. The fourth-order valence-corrected chi connectivity index (χ4v) is 6.46. The number of hydrogen-bond acceptors (Lipinski definition) is 7. The molecule has 9 heteroatoms. The average molecular weight is 528 g/mol. The summed E-state index contributed by atoms with van der Waals surface area (Å²) < 4.78 is 21.6. The van der Waals surface area contributed by atoms with E-state index in [1.807, 2.05) is 35.0 Å². The summed E-state index contributed by atoms with van der Waals surface area (Å²) in [6.07, 6.45) is 5.31. The van der Waals surface area contributed by atoms with Gasteiger partial charge in [-0.25, -0.2) is 18.9 Å². The van der Waals surface area contributed by atoms with Crippen molar-refractivity contribution in [3.05, 3.63) is 72.2 Å². The molecule has 0 N–H and O–H groups in total. The van der Waals surface area contributed by atoms with Gasteiger partial charge in [-0.05, 0) is 68.1 Å². The van der Waals surface area contributed by atoms with Gasteiger partial charge < -0.3 is 14.5 Å². The average Bonchev–Trinajstić information content (AvgIpc) is 3.73. The second-order valence-electron chi connectivity index (χ2n) is 11.0. The first-order valence-corrected chi connectivity index (χ1v) is 14.1. The van der Waals surface area contributed by atoms with Crippen molar-refractivity contribution in [1.29, 1.82) is 0 Å². The van der Waals surface area contributed by atoms with Crippen LogP contribution in [0.25, 0.3) is 17.0 Å². The highest BCUT2D eigenvalue weighted by molar-refractivity contribution is 5.63. The molecule has 6 heterocycles. The minimum absolute atomic E-state index is 0.108. The minimum atomic E-state index is -0.200. The van der Waals surface area contributed by atoms with Gasteiger partial charge in [-0.1, -0.05) is 18.2 Å². The zero-order chi connectivity index (χ0) is 26.3. The van der Waals surface area contributed by atoms with Gasteiger partial charge in [-0.15, -0.1) is 5.10 Å². The lowest BCUT2D eigenvalue weighted by Gasteiger charge is -2.35. The molecule has 3 aliphatic heterocycles. The monoisotopic (exact) mass is 527 g/mol. The van der Waals surface area contributed by atoms with E-state index in [1.54, 1.807) is 12.1 Å². The van der Waals surface area contributed by atoms with Crippen LogP contribution in [0.1, 0.15) is 37.8 Å². The van der Waals surface area contributed by atoms with Gasteiger partial charge in [0.1, 0.15) is 23.1 Å². The van der Waals surface area contributed by atoms with E-state index in [9.17, 15) is 4.39 Å². The molecular formula is C30H34FN7O. The SMILES string of the molecule is C[C@@H]1CN([C@H]2CCN(c3cccc(-c4cnc5ccc(N6CCC[C@@H]6c6cccc(F)c6)nn45)n3)C2)CCO1. The fraction of sp³-hybridized carbons (Fsp3) is 0.433. The number of halogens is 1. The fourth-order valence-electron chi connectivity index (χ4n) is 6.46. The number of benzene rings is 1. The third-order valence-corrected chi connectivity index (χ3v) is 8.40. The van der Waals surface area contributed by atoms with Crippen molar-refractivity contribution in [2.45, 2.75) is 44.4 Å². The number of ether oxygens (including phenoxy) is 1. The van der Waals surface area contributed by atoms with Crippen LogP contribution in [0, 0.1) is 5.82 Å². The first-order chi connectivity index (χ1) is 19.1. The highest BCUT2D eigenvalue weighted by Gasteiger charge is 2.31. The maximum Gasteiger partial charge on any atom is 0.154 e. The Kier molecular flexibility index (Phi) is 6.40. The molecule has 0 amide bonds. The molecule has 3 aromatic heterocycles. The van der Waals surface area contributed by atoms with Gasteiger partial charge in [0.25, 0.3) is 0 Å². The number of nitrogens with zero attached hydrogens (tertiary/aromatic N) is 7. The molecule has 3 saturated heterocycles. The number of aromatic nitrogens is 4. The second kappa shape index (κ2) is 10.2. The third kappa shape index (κ3) is 4.74. The molecule has 3 aliphatic rings. The first-order valence-electron chi connectivity index (χ1n) is 14.1. The summed E-state index contributed by atoms with van der Waals surface area (Å²) in [7, 11) is 0. The number of pyridine rings is 1. The zero-order valence-corrected chi connectivity index (χ0v) is 22.3. The van der Waals surface area contributed by atoms with Crippen LogP contribution in [0.2, 0.25) is 0 Å². The van der Waals surface area contributed by atoms with Crippen LogP contribution in [0.4, 0.5) is 16.0 Å². The molecule has 8 nitrogen and oxygen atoms in total. The van der Waals surface area contributed by atoms with Gasteiger partial charge >= 0.3 is 0 Å². The van der Waals surface area contributed by atoms with Crippen molar-refractivity contribution in [3.63, 3.8) is 0 Å². The van der Waals surface area contributed by atoms with Crippen molar-refractivity contribution in [2.75, 3.05) is 49.1 Å². The predicted molar refractivity (Wildman–Crippen MR) is 150 cm³/mol. The molecule has 0 saturated carbocycles. The van der Waals surface area contributed by atoms with E-state index in [1.165, 1.54) is 6.07 Å². The van der Waals surface area contributed by atoms with Crippen LogP contribution in [0.15, 0.2) is 60.8 Å². The largest absolute Gasteiger partial charge is 0.376 e. The molecule has 3 fully saturated rings. The predicted octanol–water partition coefficient (Wildman–Crippen LogP) is 4.57. The zero-order valence-electron chi connectivity index (χ0n) is 22.3. The lowest BCUT2D eigenvalue weighted by Crippen LogP contribution is -2.47. The molecule has 0 unspecified atom stereocenters. The highest BCUT2D eigenvalue weighted by Crippen LogP contribution is 2.36. The van der Waals surface area contributed by atoms with E-state index in [4.69, 9.17) is 14.8 Å². The molecule has 0 spiro atoms. The third-order valence-electron chi connectivity index (χ3n) is 8.40. The Hall–Kier alpha value is -3.56. The number of anilines is 2. The molecule has 1 aromatic carbocycles. The Morgan fingerprint density at radius 2 is 1.87 bits per heavy atom. The summed E-state index contributed by atoms with van der Waals surface area (Å²) in [5.41, 5.74) is 3.50. The van der Waals surface area contributed by atoms with E-state index >= 15 is 0 Å². The number of hydrogen-bond donors (Lipinski definition) is 0. The molecule has 0 aliphatic carbocycles. The molecular weight excluding hydrogens is 493 g/mol.